The van der Waals surface area contributed by atoms with Crippen molar-refractivity contribution in [1.29, 1.82) is 0 Å². The SMILES string of the molecule is CCCCOCCNCC1(SC)CCC1. The first-order valence-corrected chi connectivity index (χ1v) is 7.39. The molecule has 2 nitrogen and oxygen atoms in total. The second kappa shape index (κ2) is 7.53. The van der Waals surface area contributed by atoms with E-state index in [0.717, 1.165) is 26.3 Å². The summed E-state index contributed by atoms with van der Waals surface area (Å²) in [4.78, 5) is 0. The van der Waals surface area contributed by atoms with Gasteiger partial charge in [-0.25, -0.2) is 0 Å². The fourth-order valence-corrected chi connectivity index (χ4v) is 2.78. The Bertz CT molecular complexity index is 154. The van der Waals surface area contributed by atoms with Crippen molar-refractivity contribution < 1.29 is 4.74 Å². The number of thioether (sulfide) groups is 1. The Labute approximate surface area is 98.5 Å². The minimum atomic E-state index is 0.559. The summed E-state index contributed by atoms with van der Waals surface area (Å²) in [6.45, 7) is 6.15. The molecule has 0 aliphatic heterocycles. The average Bonchev–Trinajstić information content (AvgIpc) is 2.20. The molecule has 0 aromatic rings. The Kier molecular flexibility index (Phi) is 6.69. The van der Waals surface area contributed by atoms with Crippen LogP contribution in [-0.2, 0) is 4.74 Å². The molecule has 1 rings (SSSR count). The molecule has 0 saturated heterocycles. The summed E-state index contributed by atoms with van der Waals surface area (Å²) in [6.07, 6.45) is 8.83. The van der Waals surface area contributed by atoms with Gasteiger partial charge in [0.1, 0.15) is 0 Å². The molecule has 0 aromatic heterocycles. The van der Waals surface area contributed by atoms with Gasteiger partial charge in [-0.2, -0.15) is 11.8 Å². The normalized spacial score (nSPS) is 18.8. The van der Waals surface area contributed by atoms with Crippen molar-refractivity contribution in [2.24, 2.45) is 0 Å². The van der Waals surface area contributed by atoms with Gasteiger partial charge in [-0.1, -0.05) is 19.8 Å². The predicted octanol–water partition coefficient (Wildman–Crippen LogP) is 2.68. The first-order chi connectivity index (χ1) is 7.33. The molecule has 0 amide bonds. The third-order valence-electron chi connectivity index (χ3n) is 3.21. The van der Waals surface area contributed by atoms with Crippen LogP contribution in [0.5, 0.6) is 0 Å². The van der Waals surface area contributed by atoms with Gasteiger partial charge in [-0.15, -0.1) is 0 Å². The van der Waals surface area contributed by atoms with Crippen LogP contribution in [0, 0.1) is 0 Å². The molecule has 1 aliphatic carbocycles. The van der Waals surface area contributed by atoms with E-state index in [9.17, 15) is 0 Å². The van der Waals surface area contributed by atoms with Crippen molar-refractivity contribution in [2.45, 2.75) is 43.8 Å². The summed E-state index contributed by atoms with van der Waals surface area (Å²) < 4.78 is 6.06. The number of unbranched alkanes of at least 4 members (excludes halogenated alkanes) is 1. The number of hydrogen-bond donors (Lipinski definition) is 1. The first-order valence-electron chi connectivity index (χ1n) is 6.16. The fraction of sp³-hybridized carbons (Fsp3) is 1.00. The summed E-state index contributed by atoms with van der Waals surface area (Å²) in [5, 5.41) is 3.51. The molecule has 0 unspecified atom stereocenters. The molecule has 0 radical (unpaired) electrons. The maximum atomic E-state index is 5.50. The summed E-state index contributed by atoms with van der Waals surface area (Å²) in [5.74, 6) is 0. The van der Waals surface area contributed by atoms with Crippen LogP contribution >= 0.6 is 11.8 Å². The third kappa shape index (κ3) is 4.75. The second-order valence-electron chi connectivity index (χ2n) is 4.38. The van der Waals surface area contributed by atoms with Gasteiger partial charge >= 0.3 is 0 Å². The zero-order valence-electron chi connectivity index (χ0n) is 10.2. The number of hydrogen-bond acceptors (Lipinski definition) is 3. The van der Waals surface area contributed by atoms with Crippen molar-refractivity contribution in [1.82, 2.24) is 5.32 Å². The maximum absolute atomic E-state index is 5.50. The number of ether oxygens (including phenoxy) is 1. The Morgan fingerprint density at radius 2 is 2.13 bits per heavy atom. The Morgan fingerprint density at radius 1 is 1.33 bits per heavy atom. The largest absolute Gasteiger partial charge is 0.380 e. The predicted molar refractivity (Wildman–Crippen MR) is 68.7 cm³/mol. The highest BCUT2D eigenvalue weighted by Crippen LogP contribution is 2.41. The van der Waals surface area contributed by atoms with Crippen LogP contribution < -0.4 is 5.32 Å². The molecule has 3 heteroatoms. The summed E-state index contributed by atoms with van der Waals surface area (Å²) >= 11 is 2.03. The van der Waals surface area contributed by atoms with Gasteiger partial charge in [0, 0.05) is 24.4 Å². The molecule has 1 saturated carbocycles. The zero-order valence-corrected chi connectivity index (χ0v) is 11.0. The molecule has 0 atom stereocenters. The van der Waals surface area contributed by atoms with Gasteiger partial charge in [-0.05, 0) is 25.5 Å². The third-order valence-corrected chi connectivity index (χ3v) is 4.63. The first kappa shape index (κ1) is 13.3. The molecular formula is C12H25NOS. The molecule has 90 valence electrons. The minimum Gasteiger partial charge on any atom is -0.380 e. The molecule has 1 N–H and O–H groups in total. The van der Waals surface area contributed by atoms with Crippen LogP contribution in [0.3, 0.4) is 0 Å². The minimum absolute atomic E-state index is 0.559. The monoisotopic (exact) mass is 231 g/mol. The Balaban J connectivity index is 1.88. The van der Waals surface area contributed by atoms with Gasteiger partial charge < -0.3 is 10.1 Å². The number of nitrogens with one attached hydrogen (secondary N) is 1. The molecule has 1 fully saturated rings. The Hall–Kier alpha value is 0.270. The molecule has 0 spiro atoms. The van der Waals surface area contributed by atoms with Gasteiger partial charge in [0.25, 0.3) is 0 Å². The fourth-order valence-electron chi connectivity index (χ4n) is 1.83. The highest BCUT2D eigenvalue weighted by atomic mass is 32.2. The van der Waals surface area contributed by atoms with Crippen molar-refractivity contribution in [3.63, 3.8) is 0 Å². The summed E-state index contributed by atoms with van der Waals surface area (Å²) in [6, 6.07) is 0. The van der Waals surface area contributed by atoms with E-state index in [0.29, 0.717) is 4.75 Å². The lowest BCUT2D eigenvalue weighted by Gasteiger charge is -2.40. The van der Waals surface area contributed by atoms with Crippen molar-refractivity contribution >= 4 is 11.8 Å². The lowest BCUT2D eigenvalue weighted by molar-refractivity contribution is 0.131. The smallest absolute Gasteiger partial charge is 0.0590 e. The van der Waals surface area contributed by atoms with Crippen LogP contribution in [-0.4, -0.2) is 37.3 Å². The quantitative estimate of drug-likeness (QED) is 0.617. The van der Waals surface area contributed by atoms with Gasteiger partial charge in [-0.3, -0.25) is 0 Å². The summed E-state index contributed by atoms with van der Waals surface area (Å²) in [7, 11) is 0. The zero-order chi connectivity index (χ0) is 11.0. The molecule has 0 bridgehead atoms. The van der Waals surface area contributed by atoms with Crippen molar-refractivity contribution in [3.8, 4) is 0 Å². The van der Waals surface area contributed by atoms with E-state index in [1.807, 2.05) is 11.8 Å². The van der Waals surface area contributed by atoms with Crippen molar-refractivity contribution in [2.75, 3.05) is 32.6 Å². The van der Waals surface area contributed by atoms with Crippen LogP contribution in [0.1, 0.15) is 39.0 Å². The van der Waals surface area contributed by atoms with E-state index in [-0.39, 0.29) is 0 Å². The van der Waals surface area contributed by atoms with Gasteiger partial charge in [0.15, 0.2) is 0 Å². The maximum Gasteiger partial charge on any atom is 0.0590 e. The molecule has 1 aliphatic rings. The summed E-state index contributed by atoms with van der Waals surface area (Å²) in [5.41, 5.74) is 0. The lowest BCUT2D eigenvalue weighted by atomic mass is 9.84. The molecular weight excluding hydrogens is 206 g/mol. The van der Waals surface area contributed by atoms with Crippen LogP contribution in [0.4, 0.5) is 0 Å². The van der Waals surface area contributed by atoms with E-state index in [2.05, 4.69) is 18.5 Å². The van der Waals surface area contributed by atoms with Crippen molar-refractivity contribution in [3.05, 3.63) is 0 Å². The van der Waals surface area contributed by atoms with E-state index in [4.69, 9.17) is 4.74 Å². The standard InChI is InChI=1S/C12H25NOS/c1-3-4-9-14-10-8-13-11-12(15-2)6-5-7-12/h13H,3-11H2,1-2H3. The van der Waals surface area contributed by atoms with Gasteiger partial charge in [0.05, 0.1) is 6.61 Å². The molecule has 0 heterocycles. The van der Waals surface area contributed by atoms with E-state index >= 15 is 0 Å². The molecule has 0 aromatic carbocycles. The topological polar surface area (TPSA) is 21.3 Å². The van der Waals surface area contributed by atoms with Crippen LogP contribution in [0.15, 0.2) is 0 Å². The van der Waals surface area contributed by atoms with Crippen LogP contribution in [0.2, 0.25) is 0 Å². The van der Waals surface area contributed by atoms with Crippen LogP contribution in [0.25, 0.3) is 0 Å². The van der Waals surface area contributed by atoms with E-state index < -0.39 is 0 Å². The van der Waals surface area contributed by atoms with E-state index in [1.165, 1.54) is 32.1 Å². The van der Waals surface area contributed by atoms with Gasteiger partial charge in [0.2, 0.25) is 0 Å². The van der Waals surface area contributed by atoms with E-state index in [1.54, 1.807) is 0 Å². The Morgan fingerprint density at radius 3 is 2.67 bits per heavy atom. The molecule has 15 heavy (non-hydrogen) atoms. The lowest BCUT2D eigenvalue weighted by Crippen LogP contribution is -2.44. The highest BCUT2D eigenvalue weighted by molar-refractivity contribution is 8.00. The number of rotatable bonds is 9. The average molecular weight is 231 g/mol. The second-order valence-corrected chi connectivity index (χ2v) is 5.66. The highest BCUT2D eigenvalue weighted by Gasteiger charge is 2.35.